The maximum absolute atomic E-state index is 12.2. The molecular weight excluding hydrogens is 314 g/mol. The van der Waals surface area contributed by atoms with E-state index in [1.807, 2.05) is 24.0 Å². The minimum atomic E-state index is -0.0969. The van der Waals surface area contributed by atoms with Gasteiger partial charge in [0.1, 0.15) is 11.9 Å². The van der Waals surface area contributed by atoms with Crippen LogP contribution in [-0.4, -0.2) is 62.2 Å². The average molecular weight is 340 g/mol. The van der Waals surface area contributed by atoms with Crippen molar-refractivity contribution in [1.29, 1.82) is 0 Å². The molecule has 0 spiro atoms. The van der Waals surface area contributed by atoms with Gasteiger partial charge in [-0.15, -0.1) is 0 Å². The molecule has 0 aliphatic carbocycles. The minimum absolute atomic E-state index is 0.00203. The molecule has 1 aliphatic heterocycles. The Balaban J connectivity index is 1.70. The van der Waals surface area contributed by atoms with E-state index in [0.29, 0.717) is 17.5 Å². The number of carbonyl (C=O) groups is 1. The number of carbonyl (C=O) groups excluding carboxylic acids is 1. The van der Waals surface area contributed by atoms with Gasteiger partial charge in [0.15, 0.2) is 0 Å². The van der Waals surface area contributed by atoms with Crippen LogP contribution in [0.2, 0.25) is 5.02 Å². The lowest BCUT2D eigenvalue weighted by atomic mass is 10.1. The number of hydrogen-bond acceptors (Lipinski definition) is 3. The Bertz CT molecular complexity index is 507. The summed E-state index contributed by atoms with van der Waals surface area (Å²) in [6.45, 7) is 5.11. The molecule has 2 amide bonds. The van der Waals surface area contributed by atoms with Gasteiger partial charge in [-0.25, -0.2) is 4.79 Å². The SMILES string of the molecule is CC(CNC(=O)N1CCC(CN(C)C)C1)Oc1ccc(Cl)cc1. The van der Waals surface area contributed by atoms with Gasteiger partial charge in [-0.05, 0) is 57.6 Å². The van der Waals surface area contributed by atoms with Crippen molar-refractivity contribution < 1.29 is 9.53 Å². The molecule has 23 heavy (non-hydrogen) atoms. The number of nitrogens with one attached hydrogen (secondary N) is 1. The molecule has 128 valence electrons. The zero-order valence-corrected chi connectivity index (χ0v) is 14.8. The van der Waals surface area contributed by atoms with Crippen LogP contribution in [0.3, 0.4) is 0 Å². The lowest BCUT2D eigenvalue weighted by Gasteiger charge is -2.21. The zero-order valence-electron chi connectivity index (χ0n) is 14.1. The number of nitrogens with zero attached hydrogens (tertiary/aromatic N) is 2. The fourth-order valence-electron chi connectivity index (χ4n) is 2.81. The minimum Gasteiger partial charge on any atom is -0.489 e. The fourth-order valence-corrected chi connectivity index (χ4v) is 2.94. The van der Waals surface area contributed by atoms with E-state index in [4.69, 9.17) is 16.3 Å². The summed E-state index contributed by atoms with van der Waals surface area (Å²) in [7, 11) is 4.14. The summed E-state index contributed by atoms with van der Waals surface area (Å²) in [4.78, 5) is 16.3. The molecule has 2 unspecified atom stereocenters. The normalized spacial score (nSPS) is 19.0. The zero-order chi connectivity index (χ0) is 16.8. The quantitative estimate of drug-likeness (QED) is 0.866. The molecule has 2 atom stereocenters. The van der Waals surface area contributed by atoms with E-state index in [2.05, 4.69) is 24.3 Å². The van der Waals surface area contributed by atoms with E-state index in [9.17, 15) is 4.79 Å². The van der Waals surface area contributed by atoms with Crippen molar-refractivity contribution in [3.8, 4) is 5.75 Å². The van der Waals surface area contributed by atoms with Crippen molar-refractivity contribution in [2.75, 3.05) is 40.3 Å². The topological polar surface area (TPSA) is 44.8 Å². The summed E-state index contributed by atoms with van der Waals surface area (Å²) in [5.74, 6) is 1.32. The van der Waals surface area contributed by atoms with E-state index >= 15 is 0 Å². The molecule has 1 N–H and O–H groups in total. The van der Waals surface area contributed by atoms with E-state index in [0.717, 1.165) is 31.8 Å². The van der Waals surface area contributed by atoms with Gasteiger partial charge < -0.3 is 19.9 Å². The summed E-state index contributed by atoms with van der Waals surface area (Å²) in [6.07, 6.45) is 0.975. The van der Waals surface area contributed by atoms with Gasteiger partial charge in [0.05, 0.1) is 6.54 Å². The number of likely N-dealkylation sites (tertiary alicyclic amines) is 1. The first-order valence-electron chi connectivity index (χ1n) is 8.03. The van der Waals surface area contributed by atoms with Gasteiger partial charge in [0, 0.05) is 24.7 Å². The summed E-state index contributed by atoms with van der Waals surface area (Å²) in [6, 6.07) is 7.23. The van der Waals surface area contributed by atoms with Crippen LogP contribution < -0.4 is 10.1 Å². The van der Waals surface area contributed by atoms with E-state index < -0.39 is 0 Å². The molecule has 1 aliphatic rings. The fraction of sp³-hybridized carbons (Fsp3) is 0.588. The van der Waals surface area contributed by atoms with Crippen molar-refractivity contribution in [2.45, 2.75) is 19.4 Å². The van der Waals surface area contributed by atoms with Gasteiger partial charge in [-0.1, -0.05) is 11.6 Å². The van der Waals surface area contributed by atoms with Gasteiger partial charge >= 0.3 is 6.03 Å². The summed E-state index contributed by atoms with van der Waals surface area (Å²) < 4.78 is 5.76. The molecule has 1 aromatic carbocycles. The third kappa shape index (κ3) is 5.92. The van der Waals surface area contributed by atoms with Crippen LogP contribution in [-0.2, 0) is 0 Å². The highest BCUT2D eigenvalue weighted by Crippen LogP contribution is 2.18. The predicted molar refractivity (Wildman–Crippen MR) is 93.2 cm³/mol. The molecule has 0 saturated carbocycles. The van der Waals surface area contributed by atoms with Crippen molar-refractivity contribution >= 4 is 17.6 Å². The number of benzene rings is 1. The maximum Gasteiger partial charge on any atom is 0.317 e. The number of hydrogen-bond donors (Lipinski definition) is 1. The third-order valence-corrected chi connectivity index (χ3v) is 4.14. The highest BCUT2D eigenvalue weighted by molar-refractivity contribution is 6.30. The Morgan fingerprint density at radius 2 is 2.13 bits per heavy atom. The van der Waals surface area contributed by atoms with Crippen LogP contribution in [0.5, 0.6) is 5.75 Å². The van der Waals surface area contributed by atoms with Gasteiger partial charge in [-0.2, -0.15) is 0 Å². The van der Waals surface area contributed by atoms with Crippen LogP contribution in [0.1, 0.15) is 13.3 Å². The number of rotatable bonds is 6. The molecule has 0 radical (unpaired) electrons. The van der Waals surface area contributed by atoms with Crippen LogP contribution in [0.4, 0.5) is 4.79 Å². The van der Waals surface area contributed by atoms with Gasteiger partial charge in [0.25, 0.3) is 0 Å². The highest BCUT2D eigenvalue weighted by atomic mass is 35.5. The van der Waals surface area contributed by atoms with E-state index in [-0.39, 0.29) is 12.1 Å². The molecular formula is C17H26ClN3O2. The predicted octanol–water partition coefficient (Wildman–Crippen LogP) is 2.70. The monoisotopic (exact) mass is 339 g/mol. The third-order valence-electron chi connectivity index (χ3n) is 3.89. The number of halogens is 1. The van der Waals surface area contributed by atoms with Gasteiger partial charge in [0.2, 0.25) is 0 Å². The number of ether oxygens (including phenoxy) is 1. The lowest BCUT2D eigenvalue weighted by molar-refractivity contribution is 0.187. The van der Waals surface area contributed by atoms with Gasteiger partial charge in [-0.3, -0.25) is 0 Å². The van der Waals surface area contributed by atoms with E-state index in [1.165, 1.54) is 0 Å². The molecule has 2 rings (SSSR count). The first-order chi connectivity index (χ1) is 10.9. The first kappa shape index (κ1) is 17.9. The summed E-state index contributed by atoms with van der Waals surface area (Å²) in [5, 5.41) is 3.63. The standard InChI is InChI=1S/C17H26ClN3O2/c1-13(23-16-6-4-15(18)5-7-16)10-19-17(22)21-9-8-14(12-21)11-20(2)3/h4-7,13-14H,8-12H2,1-3H3,(H,19,22). The maximum atomic E-state index is 12.2. The Hall–Kier alpha value is -1.46. The largest absolute Gasteiger partial charge is 0.489 e. The second-order valence-corrected chi connectivity index (χ2v) is 6.87. The first-order valence-corrected chi connectivity index (χ1v) is 8.41. The summed E-state index contributed by atoms with van der Waals surface area (Å²) >= 11 is 5.85. The van der Waals surface area contributed by atoms with Crippen LogP contribution in [0.25, 0.3) is 0 Å². The number of urea groups is 1. The van der Waals surface area contributed by atoms with Crippen molar-refractivity contribution in [3.63, 3.8) is 0 Å². The van der Waals surface area contributed by atoms with Crippen molar-refractivity contribution in [1.82, 2.24) is 15.1 Å². The molecule has 5 nitrogen and oxygen atoms in total. The highest BCUT2D eigenvalue weighted by Gasteiger charge is 2.26. The van der Waals surface area contributed by atoms with Crippen molar-refractivity contribution in [2.24, 2.45) is 5.92 Å². The summed E-state index contributed by atoms with van der Waals surface area (Å²) in [5.41, 5.74) is 0. The smallest absolute Gasteiger partial charge is 0.317 e. The van der Waals surface area contributed by atoms with Crippen LogP contribution in [0, 0.1) is 5.92 Å². The Morgan fingerprint density at radius 3 is 2.78 bits per heavy atom. The molecule has 0 bridgehead atoms. The molecule has 6 heteroatoms. The van der Waals surface area contributed by atoms with Crippen LogP contribution >= 0.6 is 11.6 Å². The Labute approximate surface area is 143 Å². The molecule has 1 fully saturated rings. The number of amides is 2. The molecule has 1 aromatic rings. The Kier molecular flexibility index (Phi) is 6.54. The lowest BCUT2D eigenvalue weighted by Crippen LogP contribution is -2.42. The molecule has 1 saturated heterocycles. The molecule has 0 aromatic heterocycles. The average Bonchev–Trinajstić information content (AvgIpc) is 2.95. The van der Waals surface area contributed by atoms with E-state index in [1.54, 1.807) is 12.1 Å². The van der Waals surface area contributed by atoms with Crippen molar-refractivity contribution in [3.05, 3.63) is 29.3 Å². The van der Waals surface area contributed by atoms with Crippen LogP contribution in [0.15, 0.2) is 24.3 Å². The second-order valence-electron chi connectivity index (χ2n) is 6.43. The Morgan fingerprint density at radius 1 is 1.43 bits per heavy atom. The second kappa shape index (κ2) is 8.41. The molecule has 1 heterocycles.